The molecule has 0 radical (unpaired) electrons. The highest BCUT2D eigenvalue weighted by molar-refractivity contribution is 6.28. The van der Waals surface area contributed by atoms with Gasteiger partial charge in [0, 0.05) is 11.8 Å². The predicted molar refractivity (Wildman–Crippen MR) is 73.2 cm³/mol. The summed E-state index contributed by atoms with van der Waals surface area (Å²) in [7, 11) is 0. The quantitative estimate of drug-likeness (QED) is 0.656. The van der Waals surface area contributed by atoms with E-state index in [1.54, 1.807) is 6.20 Å². The topological polar surface area (TPSA) is 63.8 Å². The summed E-state index contributed by atoms with van der Waals surface area (Å²) in [5.74, 6) is 1.31. The monoisotopic (exact) mass is 260 g/mol. The summed E-state index contributed by atoms with van der Waals surface area (Å²) in [6.07, 6.45) is 4.17. The third-order valence-electron chi connectivity index (χ3n) is 3.02. The molecule has 1 heterocycles. The van der Waals surface area contributed by atoms with Gasteiger partial charge in [-0.15, -0.1) is 0 Å². The largest absolute Gasteiger partial charge is 0.397 e. The average Bonchev–Trinajstić information content (AvgIpc) is 3.16. The molecule has 1 aromatic heterocycles. The molecule has 0 spiro atoms. The molecule has 4 nitrogen and oxygen atoms in total. The highest BCUT2D eigenvalue weighted by atomic mass is 35.5. The first-order valence-corrected chi connectivity index (χ1v) is 6.26. The number of para-hydroxylation sites is 2. The fourth-order valence-corrected chi connectivity index (χ4v) is 2.03. The molecular weight excluding hydrogens is 248 g/mol. The van der Waals surface area contributed by atoms with Crippen molar-refractivity contribution >= 4 is 28.8 Å². The molecule has 18 heavy (non-hydrogen) atoms. The molecule has 1 fully saturated rings. The minimum atomic E-state index is 0.247. The van der Waals surface area contributed by atoms with Gasteiger partial charge < -0.3 is 11.1 Å². The molecule has 5 heteroatoms. The molecule has 0 amide bonds. The third-order valence-corrected chi connectivity index (χ3v) is 3.20. The SMILES string of the molecule is Nc1ccccc1Nc1nc(Cl)ncc1C1CC1. The van der Waals surface area contributed by atoms with Crippen molar-refractivity contribution in [1.82, 2.24) is 9.97 Å². The highest BCUT2D eigenvalue weighted by Gasteiger charge is 2.27. The van der Waals surface area contributed by atoms with E-state index in [4.69, 9.17) is 17.3 Å². The van der Waals surface area contributed by atoms with Crippen molar-refractivity contribution in [2.45, 2.75) is 18.8 Å². The normalized spacial score (nSPS) is 14.5. The number of hydrogen-bond donors (Lipinski definition) is 2. The van der Waals surface area contributed by atoms with Crippen LogP contribution >= 0.6 is 11.6 Å². The molecular formula is C13H13ClN4. The summed E-state index contributed by atoms with van der Waals surface area (Å²) in [6.45, 7) is 0. The van der Waals surface area contributed by atoms with Crippen LogP contribution < -0.4 is 11.1 Å². The number of anilines is 3. The molecule has 1 aliphatic carbocycles. The second-order valence-electron chi connectivity index (χ2n) is 4.43. The number of rotatable bonds is 3. The van der Waals surface area contributed by atoms with Crippen molar-refractivity contribution in [3.63, 3.8) is 0 Å². The lowest BCUT2D eigenvalue weighted by Crippen LogP contribution is -2.02. The summed E-state index contributed by atoms with van der Waals surface area (Å²) >= 11 is 5.85. The van der Waals surface area contributed by atoms with Crippen molar-refractivity contribution in [3.05, 3.63) is 41.3 Å². The van der Waals surface area contributed by atoms with Crippen LogP contribution in [-0.4, -0.2) is 9.97 Å². The van der Waals surface area contributed by atoms with Gasteiger partial charge >= 0.3 is 0 Å². The Hall–Kier alpha value is -1.81. The van der Waals surface area contributed by atoms with Crippen molar-refractivity contribution in [3.8, 4) is 0 Å². The molecule has 0 unspecified atom stereocenters. The first kappa shape index (κ1) is 11.3. The molecule has 3 rings (SSSR count). The number of nitrogens with one attached hydrogen (secondary N) is 1. The van der Waals surface area contributed by atoms with Crippen molar-refractivity contribution in [2.24, 2.45) is 0 Å². The van der Waals surface area contributed by atoms with Gasteiger partial charge in [0.15, 0.2) is 0 Å². The maximum atomic E-state index is 5.91. The van der Waals surface area contributed by atoms with E-state index in [-0.39, 0.29) is 5.28 Å². The fourth-order valence-electron chi connectivity index (χ4n) is 1.90. The first-order valence-electron chi connectivity index (χ1n) is 5.88. The Morgan fingerprint density at radius 2 is 2.06 bits per heavy atom. The maximum absolute atomic E-state index is 5.91. The van der Waals surface area contributed by atoms with Crippen LogP contribution in [0, 0.1) is 0 Å². The van der Waals surface area contributed by atoms with Crippen LogP contribution in [0.3, 0.4) is 0 Å². The van der Waals surface area contributed by atoms with Gasteiger partial charge in [0.25, 0.3) is 0 Å². The minimum absolute atomic E-state index is 0.247. The zero-order valence-electron chi connectivity index (χ0n) is 9.73. The van der Waals surface area contributed by atoms with E-state index in [2.05, 4.69) is 15.3 Å². The molecule has 3 N–H and O–H groups in total. The number of nitrogen functional groups attached to an aromatic ring is 1. The Labute approximate surface area is 110 Å². The van der Waals surface area contributed by atoms with E-state index in [1.165, 1.54) is 12.8 Å². The number of benzene rings is 1. The van der Waals surface area contributed by atoms with Crippen LogP contribution in [0.1, 0.15) is 24.3 Å². The lowest BCUT2D eigenvalue weighted by atomic mass is 10.2. The van der Waals surface area contributed by atoms with E-state index >= 15 is 0 Å². The van der Waals surface area contributed by atoms with Crippen molar-refractivity contribution in [2.75, 3.05) is 11.1 Å². The van der Waals surface area contributed by atoms with Crippen LogP contribution in [0.2, 0.25) is 5.28 Å². The summed E-state index contributed by atoms with van der Waals surface area (Å²) in [5, 5.41) is 3.49. The number of nitrogens with zero attached hydrogens (tertiary/aromatic N) is 2. The Kier molecular flexibility index (Phi) is 2.80. The Balaban J connectivity index is 1.96. The van der Waals surface area contributed by atoms with E-state index in [0.717, 1.165) is 17.1 Å². The molecule has 0 bridgehead atoms. The van der Waals surface area contributed by atoms with Crippen LogP contribution in [0.15, 0.2) is 30.5 Å². The molecule has 0 atom stereocenters. The fraction of sp³-hybridized carbons (Fsp3) is 0.231. The van der Waals surface area contributed by atoms with E-state index < -0.39 is 0 Å². The van der Waals surface area contributed by atoms with Crippen LogP contribution in [0.5, 0.6) is 0 Å². The average molecular weight is 261 g/mol. The van der Waals surface area contributed by atoms with Gasteiger partial charge in [-0.25, -0.2) is 9.97 Å². The van der Waals surface area contributed by atoms with Gasteiger partial charge in [0.1, 0.15) is 5.82 Å². The van der Waals surface area contributed by atoms with Crippen LogP contribution in [-0.2, 0) is 0 Å². The Morgan fingerprint density at radius 3 is 2.78 bits per heavy atom. The van der Waals surface area contributed by atoms with Gasteiger partial charge in [-0.3, -0.25) is 0 Å². The molecule has 1 aromatic carbocycles. The number of hydrogen-bond acceptors (Lipinski definition) is 4. The second kappa shape index (κ2) is 4.46. The molecule has 0 saturated heterocycles. The molecule has 92 valence electrons. The molecule has 1 saturated carbocycles. The highest BCUT2D eigenvalue weighted by Crippen LogP contribution is 2.43. The zero-order valence-corrected chi connectivity index (χ0v) is 10.5. The lowest BCUT2D eigenvalue weighted by Gasteiger charge is -2.11. The van der Waals surface area contributed by atoms with Crippen LogP contribution in [0.4, 0.5) is 17.2 Å². The Bertz CT molecular complexity index is 581. The standard InChI is InChI=1S/C13H13ClN4/c14-13-16-7-9(8-5-6-8)12(18-13)17-11-4-2-1-3-10(11)15/h1-4,7-8H,5-6,15H2,(H,16,17,18). The summed E-state index contributed by atoms with van der Waals surface area (Å²) < 4.78 is 0. The molecule has 0 aliphatic heterocycles. The number of halogens is 1. The minimum Gasteiger partial charge on any atom is -0.397 e. The van der Waals surface area contributed by atoms with Gasteiger partial charge in [-0.2, -0.15) is 0 Å². The van der Waals surface area contributed by atoms with Gasteiger partial charge in [0.05, 0.1) is 11.4 Å². The predicted octanol–water partition coefficient (Wildman–Crippen LogP) is 3.33. The second-order valence-corrected chi connectivity index (χ2v) is 4.77. The zero-order chi connectivity index (χ0) is 12.5. The van der Waals surface area contributed by atoms with Gasteiger partial charge in [0.2, 0.25) is 5.28 Å². The van der Waals surface area contributed by atoms with E-state index in [1.807, 2.05) is 24.3 Å². The molecule has 2 aromatic rings. The van der Waals surface area contributed by atoms with Gasteiger partial charge in [-0.05, 0) is 42.5 Å². The van der Waals surface area contributed by atoms with E-state index in [9.17, 15) is 0 Å². The summed E-state index contributed by atoms with van der Waals surface area (Å²) in [6, 6.07) is 7.59. The first-order chi connectivity index (χ1) is 8.74. The van der Waals surface area contributed by atoms with Crippen molar-refractivity contribution < 1.29 is 0 Å². The molecule has 1 aliphatic rings. The van der Waals surface area contributed by atoms with Gasteiger partial charge in [-0.1, -0.05) is 12.1 Å². The summed E-state index contributed by atoms with van der Waals surface area (Å²) in [4.78, 5) is 8.31. The van der Waals surface area contributed by atoms with Crippen molar-refractivity contribution in [1.29, 1.82) is 0 Å². The lowest BCUT2D eigenvalue weighted by molar-refractivity contribution is 1.04. The third kappa shape index (κ3) is 2.24. The smallest absolute Gasteiger partial charge is 0.224 e. The summed E-state index contributed by atoms with van der Waals surface area (Å²) in [5.41, 5.74) is 8.55. The van der Waals surface area contributed by atoms with E-state index in [0.29, 0.717) is 11.6 Å². The Morgan fingerprint density at radius 1 is 1.28 bits per heavy atom. The number of nitrogens with two attached hydrogens (primary N) is 1. The van der Waals surface area contributed by atoms with Crippen LogP contribution in [0.25, 0.3) is 0 Å². The maximum Gasteiger partial charge on any atom is 0.224 e. The number of aromatic nitrogens is 2.